The lowest BCUT2D eigenvalue weighted by Gasteiger charge is -2.04. The molecule has 1 N–H and O–H groups in total. The van der Waals surface area contributed by atoms with Crippen molar-refractivity contribution in [1.29, 1.82) is 0 Å². The van der Waals surface area contributed by atoms with Crippen LogP contribution in [0.15, 0.2) is 17.5 Å². The fourth-order valence-corrected chi connectivity index (χ4v) is 2.29. The Morgan fingerprint density at radius 2 is 2.33 bits per heavy atom. The highest BCUT2D eigenvalue weighted by atomic mass is 32.1. The zero-order valence-electron chi connectivity index (χ0n) is 8.73. The Morgan fingerprint density at radius 3 is 3.07 bits per heavy atom. The van der Waals surface area contributed by atoms with Crippen LogP contribution >= 0.6 is 11.3 Å². The summed E-state index contributed by atoms with van der Waals surface area (Å²) >= 11 is 1.68. The van der Waals surface area contributed by atoms with Gasteiger partial charge in [-0.3, -0.25) is 0 Å². The zero-order chi connectivity index (χ0) is 10.5. The second-order valence-corrected chi connectivity index (χ2v) is 4.26. The summed E-state index contributed by atoms with van der Waals surface area (Å²) in [6.07, 6.45) is 4.06. The smallest absolute Gasteiger partial charge is 0.193 e. The SMILES string of the molecule is CNCC=Cc1csc(C2OCCO2)c1. The molecule has 0 saturated carbocycles. The number of hydrogen-bond acceptors (Lipinski definition) is 4. The molecule has 2 rings (SSSR count). The predicted octanol–water partition coefficient (Wildman–Crippen LogP) is 2.03. The Balaban J connectivity index is 1.97. The van der Waals surface area contributed by atoms with Crippen LogP contribution in [0.25, 0.3) is 6.08 Å². The average Bonchev–Trinajstić information content (AvgIpc) is 2.87. The minimum atomic E-state index is -0.138. The molecule has 0 unspecified atom stereocenters. The van der Waals surface area contributed by atoms with Crippen molar-refractivity contribution < 1.29 is 9.47 Å². The van der Waals surface area contributed by atoms with Gasteiger partial charge in [0.15, 0.2) is 6.29 Å². The van der Waals surface area contributed by atoms with E-state index in [1.54, 1.807) is 11.3 Å². The number of ether oxygens (including phenoxy) is 2. The molecule has 0 amide bonds. The first-order valence-electron chi connectivity index (χ1n) is 5.03. The molecule has 0 atom stereocenters. The predicted molar refractivity (Wildman–Crippen MR) is 61.9 cm³/mol. The number of nitrogens with one attached hydrogen (secondary N) is 1. The van der Waals surface area contributed by atoms with E-state index in [2.05, 4.69) is 28.9 Å². The largest absolute Gasteiger partial charge is 0.345 e. The molecule has 1 aromatic rings. The summed E-state index contributed by atoms with van der Waals surface area (Å²) in [5.41, 5.74) is 1.21. The van der Waals surface area contributed by atoms with Crippen LogP contribution in [0.2, 0.25) is 0 Å². The third-order valence-corrected chi connectivity index (χ3v) is 3.10. The van der Waals surface area contributed by atoms with Gasteiger partial charge in [0, 0.05) is 6.54 Å². The summed E-state index contributed by atoms with van der Waals surface area (Å²) in [4.78, 5) is 1.15. The van der Waals surface area contributed by atoms with Crippen molar-refractivity contribution in [3.63, 3.8) is 0 Å². The van der Waals surface area contributed by atoms with Gasteiger partial charge in [0.2, 0.25) is 0 Å². The van der Waals surface area contributed by atoms with Gasteiger partial charge >= 0.3 is 0 Å². The molecule has 4 heteroatoms. The molecule has 0 aromatic carbocycles. The van der Waals surface area contributed by atoms with E-state index in [4.69, 9.17) is 9.47 Å². The minimum absolute atomic E-state index is 0.138. The molecule has 0 spiro atoms. The topological polar surface area (TPSA) is 30.5 Å². The lowest BCUT2D eigenvalue weighted by molar-refractivity contribution is -0.0413. The van der Waals surface area contributed by atoms with Gasteiger partial charge in [-0.05, 0) is 24.1 Å². The number of likely N-dealkylation sites (N-methyl/N-ethyl adjacent to an activating group) is 1. The van der Waals surface area contributed by atoms with Gasteiger partial charge in [0.25, 0.3) is 0 Å². The number of thiophene rings is 1. The lowest BCUT2D eigenvalue weighted by Crippen LogP contribution is -2.03. The molecular formula is C11H15NO2S. The van der Waals surface area contributed by atoms with E-state index in [1.165, 1.54) is 5.56 Å². The van der Waals surface area contributed by atoms with Gasteiger partial charge in [-0.25, -0.2) is 0 Å². The molecule has 1 fully saturated rings. The normalized spacial score (nSPS) is 17.9. The maximum atomic E-state index is 5.43. The summed E-state index contributed by atoms with van der Waals surface area (Å²) in [7, 11) is 1.93. The van der Waals surface area contributed by atoms with Crippen molar-refractivity contribution in [3.05, 3.63) is 28.0 Å². The van der Waals surface area contributed by atoms with E-state index in [0.29, 0.717) is 13.2 Å². The summed E-state index contributed by atoms with van der Waals surface area (Å²) in [5.74, 6) is 0. The second kappa shape index (κ2) is 5.42. The monoisotopic (exact) mass is 225 g/mol. The highest BCUT2D eigenvalue weighted by Crippen LogP contribution is 2.29. The van der Waals surface area contributed by atoms with Crippen LogP contribution in [0, 0.1) is 0 Å². The van der Waals surface area contributed by atoms with Gasteiger partial charge in [0.05, 0.1) is 18.1 Å². The Morgan fingerprint density at radius 1 is 1.53 bits per heavy atom. The van der Waals surface area contributed by atoms with Gasteiger partial charge in [-0.1, -0.05) is 12.2 Å². The van der Waals surface area contributed by atoms with Crippen LogP contribution in [0.1, 0.15) is 16.7 Å². The summed E-state index contributed by atoms with van der Waals surface area (Å²) in [5, 5.41) is 5.18. The highest BCUT2D eigenvalue weighted by molar-refractivity contribution is 7.10. The molecule has 0 radical (unpaired) electrons. The standard InChI is InChI=1S/C11H15NO2S/c1-12-4-2-3-9-7-10(15-8-9)11-13-5-6-14-11/h2-3,7-8,11-12H,4-6H2,1H3. The number of rotatable bonds is 4. The van der Waals surface area contributed by atoms with Gasteiger partial charge < -0.3 is 14.8 Å². The van der Waals surface area contributed by atoms with Crippen LogP contribution in [0.4, 0.5) is 0 Å². The molecule has 0 bridgehead atoms. The Bertz CT molecular complexity index is 329. The van der Waals surface area contributed by atoms with Crippen LogP contribution in [-0.2, 0) is 9.47 Å². The maximum Gasteiger partial charge on any atom is 0.193 e. The Kier molecular flexibility index (Phi) is 3.91. The van der Waals surface area contributed by atoms with Gasteiger partial charge in [-0.2, -0.15) is 0 Å². The van der Waals surface area contributed by atoms with Crippen molar-refractivity contribution in [1.82, 2.24) is 5.32 Å². The van der Waals surface area contributed by atoms with Crippen LogP contribution in [0.3, 0.4) is 0 Å². The molecule has 1 aliphatic heterocycles. The van der Waals surface area contributed by atoms with E-state index in [-0.39, 0.29) is 6.29 Å². The summed E-state index contributed by atoms with van der Waals surface area (Å²) in [6.45, 7) is 2.29. The molecule has 1 aliphatic rings. The molecular weight excluding hydrogens is 210 g/mol. The Labute approximate surface area is 93.7 Å². The van der Waals surface area contributed by atoms with Crippen molar-refractivity contribution in [2.24, 2.45) is 0 Å². The quantitative estimate of drug-likeness (QED) is 0.850. The molecule has 15 heavy (non-hydrogen) atoms. The molecule has 82 valence electrons. The van der Waals surface area contributed by atoms with Crippen LogP contribution in [-0.4, -0.2) is 26.8 Å². The van der Waals surface area contributed by atoms with E-state index in [9.17, 15) is 0 Å². The first-order chi connectivity index (χ1) is 7.40. The molecule has 2 heterocycles. The fraction of sp³-hybridized carbons (Fsp3) is 0.455. The van der Waals surface area contributed by atoms with Gasteiger partial charge in [-0.15, -0.1) is 11.3 Å². The van der Waals surface area contributed by atoms with Crippen molar-refractivity contribution in [2.75, 3.05) is 26.8 Å². The zero-order valence-corrected chi connectivity index (χ0v) is 9.55. The molecule has 3 nitrogen and oxygen atoms in total. The third kappa shape index (κ3) is 2.89. The first kappa shape index (κ1) is 10.8. The fourth-order valence-electron chi connectivity index (χ4n) is 1.41. The molecule has 1 aromatic heterocycles. The molecule has 0 aliphatic carbocycles. The van der Waals surface area contributed by atoms with Crippen LogP contribution in [0.5, 0.6) is 0 Å². The van der Waals surface area contributed by atoms with Gasteiger partial charge in [0.1, 0.15) is 0 Å². The van der Waals surface area contributed by atoms with E-state index < -0.39 is 0 Å². The van der Waals surface area contributed by atoms with Crippen LogP contribution < -0.4 is 5.32 Å². The summed E-state index contributed by atoms with van der Waals surface area (Å²) < 4.78 is 10.9. The number of hydrogen-bond donors (Lipinski definition) is 1. The minimum Gasteiger partial charge on any atom is -0.345 e. The highest BCUT2D eigenvalue weighted by Gasteiger charge is 2.19. The van der Waals surface area contributed by atoms with Crippen molar-refractivity contribution >= 4 is 17.4 Å². The lowest BCUT2D eigenvalue weighted by atomic mass is 10.3. The Hall–Kier alpha value is -0.680. The summed E-state index contributed by atoms with van der Waals surface area (Å²) in [6, 6.07) is 2.12. The second-order valence-electron chi connectivity index (χ2n) is 3.32. The van der Waals surface area contributed by atoms with E-state index >= 15 is 0 Å². The molecule has 1 saturated heterocycles. The first-order valence-corrected chi connectivity index (χ1v) is 5.91. The average molecular weight is 225 g/mol. The third-order valence-electron chi connectivity index (χ3n) is 2.13. The van der Waals surface area contributed by atoms with E-state index in [1.807, 2.05) is 7.05 Å². The van der Waals surface area contributed by atoms with Crippen molar-refractivity contribution in [2.45, 2.75) is 6.29 Å². The van der Waals surface area contributed by atoms with E-state index in [0.717, 1.165) is 11.4 Å². The maximum absolute atomic E-state index is 5.43. The van der Waals surface area contributed by atoms with Crippen molar-refractivity contribution in [3.8, 4) is 0 Å².